The molecule has 0 saturated heterocycles. The molecule has 10 nitrogen and oxygen atoms in total. The maximum Gasteiger partial charge on any atom is 0.336 e. The predicted molar refractivity (Wildman–Crippen MR) is 102 cm³/mol. The molecule has 0 radical (unpaired) electrons. The second-order valence-electron chi connectivity index (χ2n) is 5.95. The lowest BCUT2D eigenvalue weighted by Crippen LogP contribution is -2.32. The summed E-state index contributed by atoms with van der Waals surface area (Å²) in [6.07, 6.45) is 1.79. The van der Waals surface area contributed by atoms with Gasteiger partial charge in [0.15, 0.2) is 6.19 Å². The lowest BCUT2D eigenvalue weighted by molar-refractivity contribution is 0.561. The number of nitrogens with zero attached hydrogens (tertiary/aromatic N) is 4. The minimum absolute atomic E-state index is 0.0245. The van der Waals surface area contributed by atoms with Crippen molar-refractivity contribution in [2.45, 2.75) is 6.04 Å². The lowest BCUT2D eigenvalue weighted by Gasteiger charge is -2.26. The molecule has 0 aliphatic carbocycles. The van der Waals surface area contributed by atoms with E-state index in [-0.39, 0.29) is 23.0 Å². The summed E-state index contributed by atoms with van der Waals surface area (Å²) in [7, 11) is 0. The Morgan fingerprint density at radius 3 is 2.79 bits per heavy atom. The molecule has 1 unspecified atom stereocenters. The summed E-state index contributed by atoms with van der Waals surface area (Å²) in [6.45, 7) is 0. The number of pyridine rings is 1. The van der Waals surface area contributed by atoms with E-state index in [0.717, 1.165) is 0 Å². The van der Waals surface area contributed by atoms with Gasteiger partial charge in [0.2, 0.25) is 5.96 Å². The molecular formula is C18H12N8O2. The molecule has 0 saturated carbocycles. The van der Waals surface area contributed by atoms with Crippen LogP contribution < -0.4 is 27.7 Å². The monoisotopic (exact) mass is 372 g/mol. The van der Waals surface area contributed by atoms with Gasteiger partial charge in [0.1, 0.15) is 34.9 Å². The molecule has 136 valence electrons. The summed E-state index contributed by atoms with van der Waals surface area (Å²) < 4.78 is 5.15. The molecule has 3 heterocycles. The van der Waals surface area contributed by atoms with E-state index in [1.165, 1.54) is 6.07 Å². The van der Waals surface area contributed by atoms with E-state index in [2.05, 4.69) is 20.6 Å². The Kier molecular flexibility index (Phi) is 3.80. The average molecular weight is 372 g/mol. The fourth-order valence-corrected chi connectivity index (χ4v) is 3.08. The molecule has 0 amide bonds. The van der Waals surface area contributed by atoms with Gasteiger partial charge in [0.05, 0.1) is 5.69 Å². The van der Waals surface area contributed by atoms with Crippen LogP contribution in [0.2, 0.25) is 0 Å². The number of anilines is 3. The number of guanidine groups is 1. The number of hydrogen-bond acceptors (Lipinski definition) is 10. The van der Waals surface area contributed by atoms with Crippen LogP contribution in [0.5, 0.6) is 0 Å². The third-order valence-corrected chi connectivity index (χ3v) is 4.32. The van der Waals surface area contributed by atoms with Crippen LogP contribution >= 0.6 is 0 Å². The molecule has 2 aromatic heterocycles. The topological polar surface area (TPSA) is 179 Å². The van der Waals surface area contributed by atoms with Gasteiger partial charge in [-0.1, -0.05) is 6.07 Å². The normalized spacial score (nSPS) is 14.9. The Labute approximate surface area is 157 Å². The fourth-order valence-electron chi connectivity index (χ4n) is 3.08. The second-order valence-corrected chi connectivity index (χ2v) is 5.95. The number of benzene rings is 1. The molecule has 10 heteroatoms. The van der Waals surface area contributed by atoms with Crippen molar-refractivity contribution < 1.29 is 4.42 Å². The summed E-state index contributed by atoms with van der Waals surface area (Å²) in [6, 6.07) is 9.39. The zero-order valence-electron chi connectivity index (χ0n) is 14.2. The van der Waals surface area contributed by atoms with Crippen LogP contribution in [0.15, 0.2) is 44.5 Å². The number of hydrogen-bond donors (Lipinski definition) is 4. The Balaban J connectivity index is 1.95. The molecule has 1 atom stereocenters. The molecule has 6 N–H and O–H groups in total. The van der Waals surface area contributed by atoms with E-state index in [0.29, 0.717) is 27.9 Å². The maximum absolute atomic E-state index is 11.4. The lowest BCUT2D eigenvalue weighted by atomic mass is 9.94. The Morgan fingerprint density at radius 2 is 2.04 bits per heavy atom. The number of nitrogen functional groups attached to an aromatic ring is 2. The highest BCUT2D eigenvalue weighted by Crippen LogP contribution is 2.40. The summed E-state index contributed by atoms with van der Waals surface area (Å²) in [5.74, 6) is 0.436. The SMILES string of the molecule is N#CNC1=NC(c2ccc3oc(=O)ccc3c2)c2c(nc(N)c(C#N)c2N)N1. The minimum atomic E-state index is -0.663. The van der Waals surface area contributed by atoms with Crippen molar-refractivity contribution in [1.82, 2.24) is 10.3 Å². The number of aromatic nitrogens is 1. The number of nitrogens with one attached hydrogen (secondary N) is 2. The van der Waals surface area contributed by atoms with E-state index in [1.54, 1.807) is 30.5 Å². The van der Waals surface area contributed by atoms with Gasteiger partial charge < -0.3 is 21.2 Å². The predicted octanol–water partition coefficient (Wildman–Crippen LogP) is 1.17. The van der Waals surface area contributed by atoms with E-state index in [4.69, 9.17) is 21.1 Å². The summed E-state index contributed by atoms with van der Waals surface area (Å²) in [5, 5.41) is 24.3. The third-order valence-electron chi connectivity index (χ3n) is 4.32. The highest BCUT2D eigenvalue weighted by atomic mass is 16.4. The standard InChI is InChI=1S/C18H12N8O2/c19-6-10-14(21)13-15(24-18(23-7-20)26-17(13)25-16(10)22)9-1-3-11-8(5-9)2-4-12(27)28-11/h1-5,15H,(H6,21,22,23,24,25,26). The average Bonchev–Trinajstić information content (AvgIpc) is 2.67. The number of nitriles is 2. The van der Waals surface area contributed by atoms with Crippen molar-refractivity contribution in [3.63, 3.8) is 0 Å². The van der Waals surface area contributed by atoms with Gasteiger partial charge in [0.25, 0.3) is 0 Å². The van der Waals surface area contributed by atoms with Crippen LogP contribution in [-0.2, 0) is 0 Å². The van der Waals surface area contributed by atoms with E-state index in [1.807, 2.05) is 6.07 Å². The quantitative estimate of drug-likeness (QED) is 0.277. The van der Waals surface area contributed by atoms with Gasteiger partial charge in [-0.3, -0.25) is 5.32 Å². The molecule has 3 aromatic rings. The number of aliphatic imine (C=N–C) groups is 1. The summed E-state index contributed by atoms with van der Waals surface area (Å²) in [4.78, 5) is 20.1. The maximum atomic E-state index is 11.4. The molecule has 0 fully saturated rings. The largest absolute Gasteiger partial charge is 0.423 e. The van der Waals surface area contributed by atoms with Crippen LogP contribution in [0, 0.1) is 22.8 Å². The van der Waals surface area contributed by atoms with Gasteiger partial charge in [-0.25, -0.2) is 14.8 Å². The summed E-state index contributed by atoms with van der Waals surface area (Å²) >= 11 is 0. The van der Waals surface area contributed by atoms with Crippen molar-refractivity contribution in [1.29, 1.82) is 10.5 Å². The number of rotatable bonds is 1. The first-order valence-electron chi connectivity index (χ1n) is 8.04. The van der Waals surface area contributed by atoms with Gasteiger partial charge >= 0.3 is 5.63 Å². The molecule has 28 heavy (non-hydrogen) atoms. The van der Waals surface area contributed by atoms with Crippen LogP contribution in [0.1, 0.15) is 22.7 Å². The van der Waals surface area contributed by atoms with Gasteiger partial charge in [-0.15, -0.1) is 0 Å². The zero-order valence-corrected chi connectivity index (χ0v) is 14.2. The first kappa shape index (κ1) is 16.9. The van der Waals surface area contributed by atoms with Crippen molar-refractivity contribution in [3.05, 3.63) is 57.4 Å². The Morgan fingerprint density at radius 1 is 1.21 bits per heavy atom. The van der Waals surface area contributed by atoms with Crippen molar-refractivity contribution >= 4 is 34.3 Å². The van der Waals surface area contributed by atoms with Crippen LogP contribution in [0.25, 0.3) is 11.0 Å². The highest BCUT2D eigenvalue weighted by Gasteiger charge is 2.29. The van der Waals surface area contributed by atoms with Crippen LogP contribution in [0.3, 0.4) is 0 Å². The number of nitrogens with two attached hydrogens (primary N) is 2. The molecule has 0 bridgehead atoms. The smallest absolute Gasteiger partial charge is 0.336 e. The van der Waals surface area contributed by atoms with E-state index < -0.39 is 11.7 Å². The van der Waals surface area contributed by atoms with Crippen LogP contribution in [-0.4, -0.2) is 10.9 Å². The third kappa shape index (κ3) is 2.62. The molecule has 1 aromatic carbocycles. The first-order valence-corrected chi connectivity index (χ1v) is 8.04. The zero-order chi connectivity index (χ0) is 19.8. The summed E-state index contributed by atoms with van der Waals surface area (Å²) in [5.41, 5.74) is 13.4. The van der Waals surface area contributed by atoms with Crippen molar-refractivity contribution in [3.8, 4) is 12.3 Å². The molecular weight excluding hydrogens is 360 g/mol. The van der Waals surface area contributed by atoms with Gasteiger partial charge in [0, 0.05) is 17.0 Å². The van der Waals surface area contributed by atoms with Crippen molar-refractivity contribution in [2.75, 3.05) is 16.8 Å². The molecule has 4 rings (SSSR count). The van der Waals surface area contributed by atoms with E-state index in [9.17, 15) is 10.1 Å². The first-order chi connectivity index (χ1) is 13.5. The fraction of sp³-hybridized carbons (Fsp3) is 0.0556. The Bertz CT molecular complexity index is 1300. The Hall–Kier alpha value is -4.57. The second kappa shape index (κ2) is 6.30. The highest BCUT2D eigenvalue weighted by molar-refractivity contribution is 5.98. The van der Waals surface area contributed by atoms with Gasteiger partial charge in [-0.05, 0) is 23.8 Å². The van der Waals surface area contributed by atoms with E-state index >= 15 is 0 Å². The minimum Gasteiger partial charge on any atom is -0.423 e. The van der Waals surface area contributed by atoms with Crippen molar-refractivity contribution in [2.24, 2.45) is 4.99 Å². The molecule has 0 spiro atoms. The molecule has 1 aliphatic rings. The molecule has 1 aliphatic heterocycles. The number of fused-ring (bicyclic) bond motifs is 2. The van der Waals surface area contributed by atoms with Gasteiger partial charge in [-0.2, -0.15) is 10.5 Å². The van der Waals surface area contributed by atoms with Crippen LogP contribution in [0.4, 0.5) is 17.3 Å².